The topological polar surface area (TPSA) is 81.9 Å². The fraction of sp³-hybridized carbons (Fsp3) is 0.160. The molecule has 0 fully saturated rings. The smallest absolute Gasteiger partial charge is 0.262 e. The van der Waals surface area contributed by atoms with Crippen molar-refractivity contribution in [2.24, 2.45) is 0 Å². The lowest BCUT2D eigenvalue weighted by Crippen LogP contribution is -2.20. The molecule has 0 atom stereocenters. The molecule has 4 rings (SSSR count). The molecule has 32 heavy (non-hydrogen) atoms. The first-order valence-electron chi connectivity index (χ1n) is 10.3. The van der Waals surface area contributed by atoms with Gasteiger partial charge in [-0.1, -0.05) is 19.1 Å². The Bertz CT molecular complexity index is 1200. The molecule has 162 valence electrons. The third kappa shape index (κ3) is 5.31. The second-order valence-corrected chi connectivity index (χ2v) is 7.15. The Morgan fingerprint density at radius 2 is 1.81 bits per heavy atom. The average molecular weight is 429 g/mol. The largest absolute Gasteiger partial charge is 0.487 e. The first kappa shape index (κ1) is 21.1. The zero-order chi connectivity index (χ0) is 22.3. The van der Waals surface area contributed by atoms with Crippen molar-refractivity contribution in [3.63, 3.8) is 0 Å². The van der Waals surface area contributed by atoms with E-state index in [2.05, 4.69) is 10.3 Å². The number of aromatic nitrogens is 2. The third-order valence-electron chi connectivity index (χ3n) is 4.79. The fourth-order valence-corrected chi connectivity index (χ4v) is 3.16. The van der Waals surface area contributed by atoms with Crippen LogP contribution in [-0.4, -0.2) is 27.7 Å². The number of nitrogens with zero attached hydrogens (tertiary/aromatic N) is 2. The number of carbonyl (C=O) groups is 2. The van der Waals surface area contributed by atoms with Gasteiger partial charge in [0, 0.05) is 36.1 Å². The van der Waals surface area contributed by atoms with Crippen molar-refractivity contribution in [2.45, 2.75) is 20.0 Å². The molecular formula is C25H23N3O4. The summed E-state index contributed by atoms with van der Waals surface area (Å²) >= 11 is 0. The van der Waals surface area contributed by atoms with Gasteiger partial charge in [0.2, 0.25) is 0 Å². The predicted molar refractivity (Wildman–Crippen MR) is 121 cm³/mol. The van der Waals surface area contributed by atoms with E-state index in [1.165, 1.54) is 0 Å². The minimum absolute atomic E-state index is 0.0672. The number of pyridine rings is 1. The number of ether oxygens (including phenoxy) is 2. The summed E-state index contributed by atoms with van der Waals surface area (Å²) in [5, 5.41) is 2.79. The van der Waals surface area contributed by atoms with Gasteiger partial charge in [0.1, 0.15) is 23.8 Å². The molecule has 0 saturated heterocycles. The number of benzene rings is 2. The molecule has 7 heteroatoms. The van der Waals surface area contributed by atoms with Gasteiger partial charge in [0.05, 0.1) is 5.69 Å². The molecule has 0 radical (unpaired) electrons. The molecule has 2 heterocycles. The van der Waals surface area contributed by atoms with E-state index in [1.54, 1.807) is 42.5 Å². The number of amides is 1. The number of nitrogens with one attached hydrogen (secondary N) is 1. The van der Waals surface area contributed by atoms with E-state index in [0.29, 0.717) is 35.8 Å². The SMILES string of the molecule is CCC(=O)c1ccc(OCC(=O)Nc2cccc(OCc3cn4ccccc4n3)c2)cc1. The van der Waals surface area contributed by atoms with Crippen LogP contribution in [0.4, 0.5) is 5.69 Å². The quantitative estimate of drug-likeness (QED) is 0.396. The van der Waals surface area contributed by atoms with Crippen molar-refractivity contribution in [3.05, 3.63) is 90.4 Å². The Kier molecular flexibility index (Phi) is 6.46. The van der Waals surface area contributed by atoms with Gasteiger partial charge < -0.3 is 19.2 Å². The summed E-state index contributed by atoms with van der Waals surface area (Å²) in [6.07, 6.45) is 4.30. The maximum absolute atomic E-state index is 12.3. The van der Waals surface area contributed by atoms with Crippen LogP contribution in [-0.2, 0) is 11.4 Å². The number of ketones is 1. The molecule has 0 unspecified atom stereocenters. The minimum atomic E-state index is -0.295. The number of hydrogen-bond acceptors (Lipinski definition) is 5. The lowest BCUT2D eigenvalue weighted by atomic mass is 10.1. The molecule has 0 aliphatic carbocycles. The molecule has 1 N–H and O–H groups in total. The van der Waals surface area contributed by atoms with Crippen LogP contribution >= 0.6 is 0 Å². The highest BCUT2D eigenvalue weighted by Gasteiger charge is 2.07. The summed E-state index contributed by atoms with van der Waals surface area (Å²) in [7, 11) is 0. The number of hydrogen-bond donors (Lipinski definition) is 1. The monoisotopic (exact) mass is 429 g/mol. The molecule has 7 nitrogen and oxygen atoms in total. The normalized spacial score (nSPS) is 10.7. The number of fused-ring (bicyclic) bond motifs is 1. The summed E-state index contributed by atoms with van der Waals surface area (Å²) in [6, 6.07) is 19.7. The highest BCUT2D eigenvalue weighted by molar-refractivity contribution is 5.96. The standard InChI is InChI=1S/C25H23N3O4/c1-2-23(29)18-9-11-21(12-10-18)32-17-25(30)27-19-6-5-7-22(14-19)31-16-20-15-28-13-4-3-8-24(28)26-20/h3-15H,2,16-17H2,1H3,(H,27,30). The zero-order valence-corrected chi connectivity index (χ0v) is 17.7. The Labute approximate surface area is 185 Å². The van der Waals surface area contributed by atoms with Crippen LogP contribution in [0.1, 0.15) is 29.4 Å². The summed E-state index contributed by atoms with van der Waals surface area (Å²) in [5.41, 5.74) is 2.91. The van der Waals surface area contributed by atoms with Crippen molar-refractivity contribution >= 4 is 23.0 Å². The summed E-state index contributed by atoms with van der Waals surface area (Å²) in [5.74, 6) is 0.920. The van der Waals surface area contributed by atoms with Gasteiger partial charge in [-0.05, 0) is 48.5 Å². The van der Waals surface area contributed by atoms with Crippen molar-refractivity contribution in [3.8, 4) is 11.5 Å². The summed E-state index contributed by atoms with van der Waals surface area (Å²) in [6.45, 7) is 1.99. The molecule has 2 aromatic carbocycles. The van der Waals surface area contributed by atoms with E-state index in [9.17, 15) is 9.59 Å². The molecule has 0 saturated carbocycles. The van der Waals surface area contributed by atoms with E-state index >= 15 is 0 Å². The number of rotatable bonds is 9. The summed E-state index contributed by atoms with van der Waals surface area (Å²) in [4.78, 5) is 28.4. The van der Waals surface area contributed by atoms with Crippen LogP contribution < -0.4 is 14.8 Å². The Morgan fingerprint density at radius 1 is 0.969 bits per heavy atom. The molecule has 0 aliphatic heterocycles. The lowest BCUT2D eigenvalue weighted by molar-refractivity contribution is -0.118. The van der Waals surface area contributed by atoms with E-state index in [1.807, 2.05) is 48.0 Å². The maximum Gasteiger partial charge on any atom is 0.262 e. The predicted octanol–water partition coefficient (Wildman–Crippen LogP) is 4.52. The Balaban J connectivity index is 1.29. The van der Waals surface area contributed by atoms with Crippen LogP contribution in [0.15, 0.2) is 79.1 Å². The first-order chi connectivity index (χ1) is 15.6. The van der Waals surface area contributed by atoms with Gasteiger partial charge >= 0.3 is 0 Å². The van der Waals surface area contributed by atoms with Crippen molar-refractivity contribution in [2.75, 3.05) is 11.9 Å². The fourth-order valence-electron chi connectivity index (χ4n) is 3.16. The number of Topliss-reactive ketones (excluding diaryl/α,β-unsaturated/α-hetero) is 1. The zero-order valence-electron chi connectivity index (χ0n) is 17.7. The lowest BCUT2D eigenvalue weighted by Gasteiger charge is -2.10. The highest BCUT2D eigenvalue weighted by Crippen LogP contribution is 2.19. The van der Waals surface area contributed by atoms with Gasteiger partial charge in [-0.15, -0.1) is 0 Å². The Morgan fingerprint density at radius 3 is 2.59 bits per heavy atom. The third-order valence-corrected chi connectivity index (χ3v) is 4.79. The molecule has 4 aromatic rings. The molecule has 0 spiro atoms. The molecular weight excluding hydrogens is 406 g/mol. The van der Waals surface area contributed by atoms with Crippen LogP contribution in [0.2, 0.25) is 0 Å². The molecule has 0 bridgehead atoms. The van der Waals surface area contributed by atoms with E-state index < -0.39 is 0 Å². The van der Waals surface area contributed by atoms with Crippen molar-refractivity contribution in [1.82, 2.24) is 9.38 Å². The number of anilines is 1. The molecule has 1 amide bonds. The summed E-state index contributed by atoms with van der Waals surface area (Å²) < 4.78 is 13.3. The van der Waals surface area contributed by atoms with Crippen molar-refractivity contribution in [1.29, 1.82) is 0 Å². The highest BCUT2D eigenvalue weighted by atomic mass is 16.5. The van der Waals surface area contributed by atoms with Gasteiger partial charge in [-0.25, -0.2) is 4.98 Å². The van der Waals surface area contributed by atoms with Crippen LogP contribution in [0.25, 0.3) is 5.65 Å². The van der Waals surface area contributed by atoms with Crippen LogP contribution in [0.5, 0.6) is 11.5 Å². The molecule has 0 aliphatic rings. The van der Waals surface area contributed by atoms with Crippen LogP contribution in [0.3, 0.4) is 0 Å². The van der Waals surface area contributed by atoms with E-state index in [-0.39, 0.29) is 18.3 Å². The van der Waals surface area contributed by atoms with Gasteiger partial charge in [-0.2, -0.15) is 0 Å². The Hall–Kier alpha value is -4.13. The van der Waals surface area contributed by atoms with E-state index in [4.69, 9.17) is 9.47 Å². The second-order valence-electron chi connectivity index (χ2n) is 7.15. The van der Waals surface area contributed by atoms with Gasteiger partial charge in [0.15, 0.2) is 12.4 Å². The number of carbonyl (C=O) groups excluding carboxylic acids is 2. The second kappa shape index (κ2) is 9.78. The van der Waals surface area contributed by atoms with Crippen LogP contribution in [0, 0.1) is 0 Å². The van der Waals surface area contributed by atoms with E-state index in [0.717, 1.165) is 11.3 Å². The average Bonchev–Trinajstić information content (AvgIpc) is 3.25. The maximum atomic E-state index is 12.3. The van der Waals surface area contributed by atoms with Gasteiger partial charge in [-0.3, -0.25) is 9.59 Å². The molecule has 2 aromatic heterocycles. The van der Waals surface area contributed by atoms with Gasteiger partial charge in [0.25, 0.3) is 5.91 Å². The number of imidazole rings is 1. The first-order valence-corrected chi connectivity index (χ1v) is 10.3. The van der Waals surface area contributed by atoms with Crippen molar-refractivity contribution < 1.29 is 19.1 Å². The minimum Gasteiger partial charge on any atom is -0.487 e.